The molecule has 0 spiro atoms. The Morgan fingerprint density at radius 2 is 0.800 bits per heavy atom. The molecule has 8 heteroatoms. The molecule has 0 aromatic heterocycles. The van der Waals surface area contributed by atoms with Gasteiger partial charge in [-0.2, -0.15) is 9.59 Å². The molecule has 0 bridgehead atoms. The number of hydrogen-bond acceptors (Lipinski definition) is 6. The van der Waals surface area contributed by atoms with Gasteiger partial charge in [-0.1, -0.05) is 196 Å². The van der Waals surface area contributed by atoms with Crippen LogP contribution in [0.3, 0.4) is 0 Å². The van der Waals surface area contributed by atoms with E-state index in [1.54, 1.807) is 12.1 Å². The second-order valence-corrected chi connectivity index (χ2v) is 19.6. The first-order chi connectivity index (χ1) is 35.9. The van der Waals surface area contributed by atoms with Crippen LogP contribution in [0.5, 0.6) is 0 Å². The summed E-state index contributed by atoms with van der Waals surface area (Å²) in [5.41, 5.74) is 12.8. The summed E-state index contributed by atoms with van der Waals surface area (Å²) in [5, 5.41) is 21.3. The molecule has 0 saturated heterocycles. The molecular weight excluding hydrogens is 939 g/mol. The summed E-state index contributed by atoms with van der Waals surface area (Å²) in [6.45, 7) is 23.5. The van der Waals surface area contributed by atoms with Crippen LogP contribution in [0, 0.1) is 25.5 Å². The van der Waals surface area contributed by atoms with Crippen LogP contribution in [0.25, 0.3) is 34.4 Å². The lowest BCUT2D eigenvalue weighted by atomic mass is 9.70. The number of carbonyl (C=O) groups excluding carboxylic acids is 3. The van der Waals surface area contributed by atoms with Crippen molar-refractivity contribution >= 4 is 24.8 Å². The summed E-state index contributed by atoms with van der Waals surface area (Å²) in [6, 6.07) is 40.9. The van der Waals surface area contributed by atoms with E-state index in [2.05, 4.69) is 125 Å². The van der Waals surface area contributed by atoms with Gasteiger partial charge in [-0.05, 0) is 156 Å². The summed E-state index contributed by atoms with van der Waals surface area (Å²) in [7, 11) is 0. The third kappa shape index (κ3) is 14.8. The highest BCUT2D eigenvalue weighted by Crippen LogP contribution is 2.42. The van der Waals surface area contributed by atoms with Gasteiger partial charge in [-0.15, -0.1) is 0 Å². The van der Waals surface area contributed by atoms with E-state index in [1.807, 2.05) is 83.2 Å². The fourth-order valence-corrected chi connectivity index (χ4v) is 10.2. The molecule has 0 aliphatic carbocycles. The number of aryl methyl sites for hydroxylation is 3. The van der Waals surface area contributed by atoms with Crippen molar-refractivity contribution < 1.29 is 38.1 Å². The van der Waals surface area contributed by atoms with Crippen LogP contribution in [0.2, 0.25) is 0 Å². The Morgan fingerprint density at radius 3 is 1.09 bits per heavy atom. The molecular formula is C67H80F2O6. The number of benzene rings is 6. The van der Waals surface area contributed by atoms with Crippen LogP contribution in [-0.2, 0) is 43.0 Å². The van der Waals surface area contributed by atoms with Crippen molar-refractivity contribution in [3.05, 3.63) is 201 Å². The van der Waals surface area contributed by atoms with E-state index in [4.69, 9.17) is 9.59 Å². The Kier molecular flexibility index (Phi) is 23.1. The lowest BCUT2D eigenvalue weighted by Crippen LogP contribution is -2.26. The summed E-state index contributed by atoms with van der Waals surface area (Å²) in [5.74, 6) is -0.521. The van der Waals surface area contributed by atoms with E-state index in [0.29, 0.717) is 44.1 Å². The fraction of sp³-hybridized carbons (Fsp3) is 0.373. The van der Waals surface area contributed by atoms with Gasteiger partial charge in [0.15, 0.2) is 0 Å². The summed E-state index contributed by atoms with van der Waals surface area (Å²) < 4.78 is 33.5. The van der Waals surface area contributed by atoms with E-state index in [-0.39, 0.29) is 35.2 Å². The van der Waals surface area contributed by atoms with Gasteiger partial charge in [0.05, 0.1) is 11.2 Å². The Balaban J connectivity index is 0.000000309. The van der Waals surface area contributed by atoms with E-state index in [9.17, 15) is 23.8 Å². The smallest absolute Gasteiger partial charge is 0.373 e. The number of halogens is 2. The first kappa shape index (κ1) is 61.0. The minimum absolute atomic E-state index is 0.0733. The van der Waals surface area contributed by atoms with Crippen LogP contribution < -0.4 is 0 Å². The van der Waals surface area contributed by atoms with Gasteiger partial charge in [-0.25, -0.2) is 8.78 Å². The molecule has 0 heterocycles. The van der Waals surface area contributed by atoms with Gasteiger partial charge in [0.2, 0.25) is 0 Å². The highest BCUT2D eigenvalue weighted by molar-refractivity contribution is 5.67. The van der Waals surface area contributed by atoms with Crippen molar-refractivity contribution in [1.29, 1.82) is 0 Å². The second-order valence-electron chi connectivity index (χ2n) is 19.6. The van der Waals surface area contributed by atoms with Crippen molar-refractivity contribution in [2.45, 2.75) is 163 Å². The summed E-state index contributed by atoms with van der Waals surface area (Å²) in [4.78, 5) is 26.7. The van der Waals surface area contributed by atoms with E-state index in [0.717, 1.165) is 64.6 Å². The quantitative estimate of drug-likeness (QED) is 0.0657. The zero-order valence-corrected chi connectivity index (χ0v) is 46.3. The maximum Gasteiger partial charge on any atom is 0.373 e. The number of ether oxygens (including phenoxy) is 1. The minimum atomic E-state index is -0.768. The predicted molar refractivity (Wildman–Crippen MR) is 303 cm³/mol. The Labute approximate surface area is 446 Å². The van der Waals surface area contributed by atoms with Crippen molar-refractivity contribution in [1.82, 2.24) is 0 Å². The van der Waals surface area contributed by atoms with Crippen LogP contribution in [-0.4, -0.2) is 34.0 Å². The molecule has 398 valence electrons. The largest absolute Gasteiger partial charge is 0.463 e. The van der Waals surface area contributed by atoms with Gasteiger partial charge < -0.3 is 14.9 Å². The van der Waals surface area contributed by atoms with Gasteiger partial charge in [-0.3, -0.25) is 4.79 Å². The lowest BCUT2D eigenvalue weighted by molar-refractivity contribution is -0.191. The van der Waals surface area contributed by atoms with Crippen LogP contribution >= 0.6 is 0 Å². The molecule has 6 aromatic rings. The zero-order valence-electron chi connectivity index (χ0n) is 46.3. The number of carbonyl (C=O) groups is 1. The SMILES string of the molecule is CCC(O)(/C=C/c1ccc(C(CC)(CC)c2ccc(-c3ccc(COC=O)c(F)c3)cc2)cc1C)CC.CCc1ccc(-c2ccc(C(CC)(CC)c3ccc(/C=C/C(O)(CC)CC)c(C)c3)cc2)cc1F.O=C=O. The summed E-state index contributed by atoms with van der Waals surface area (Å²) in [6.07, 6.45) is 15.6. The van der Waals surface area contributed by atoms with Crippen molar-refractivity contribution in [2.75, 3.05) is 0 Å². The Morgan fingerprint density at radius 1 is 0.467 bits per heavy atom. The topological polar surface area (TPSA) is 101 Å². The molecule has 0 fully saturated rings. The van der Waals surface area contributed by atoms with E-state index in [1.165, 1.54) is 39.4 Å². The first-order valence-corrected chi connectivity index (χ1v) is 26.8. The predicted octanol–water partition coefficient (Wildman–Crippen LogP) is 16.6. The van der Waals surface area contributed by atoms with Crippen LogP contribution in [0.15, 0.2) is 133 Å². The molecule has 2 N–H and O–H groups in total. The number of rotatable bonds is 22. The minimum Gasteiger partial charge on any atom is -0.463 e. The molecule has 0 aliphatic rings. The molecule has 0 amide bonds. The third-order valence-electron chi connectivity index (χ3n) is 16.0. The highest BCUT2D eigenvalue weighted by Gasteiger charge is 2.32. The first-order valence-electron chi connectivity index (χ1n) is 26.8. The molecule has 75 heavy (non-hydrogen) atoms. The summed E-state index contributed by atoms with van der Waals surface area (Å²) >= 11 is 0. The normalized spacial score (nSPS) is 11.9. The van der Waals surface area contributed by atoms with Crippen molar-refractivity contribution in [3.63, 3.8) is 0 Å². The third-order valence-corrected chi connectivity index (χ3v) is 16.0. The molecule has 0 atom stereocenters. The lowest BCUT2D eigenvalue weighted by Gasteiger charge is -2.34. The van der Waals surface area contributed by atoms with Gasteiger partial charge in [0.25, 0.3) is 6.47 Å². The average molecular weight is 1020 g/mol. The van der Waals surface area contributed by atoms with Gasteiger partial charge in [0, 0.05) is 16.4 Å². The van der Waals surface area contributed by atoms with Crippen molar-refractivity contribution in [3.8, 4) is 22.3 Å². The van der Waals surface area contributed by atoms with Crippen LogP contribution in [0.4, 0.5) is 8.78 Å². The molecule has 6 nitrogen and oxygen atoms in total. The molecule has 0 radical (unpaired) electrons. The molecule has 6 aromatic carbocycles. The van der Waals surface area contributed by atoms with Gasteiger partial charge >= 0.3 is 6.15 Å². The highest BCUT2D eigenvalue weighted by atomic mass is 19.1. The molecule has 0 saturated carbocycles. The molecule has 0 unspecified atom stereocenters. The zero-order chi connectivity index (χ0) is 55.4. The molecule has 0 aliphatic heterocycles. The number of aliphatic hydroxyl groups is 2. The maximum atomic E-state index is 14.5. The average Bonchev–Trinajstić information content (AvgIpc) is 3.43. The van der Waals surface area contributed by atoms with E-state index >= 15 is 0 Å². The standard InChI is InChI=1S/C33H39FO3.C33H41FO.CO2/c1-6-32(36,7-2)19-18-25-12-17-30(20-24(25)5)33(8-3,9-4)29-15-13-26(14-16-29)27-10-11-28(22-37-23-35)31(34)21-27;1-7-25-12-13-28(23-31(25)34)27-15-17-29(18-16-27)33(10-4,11-5)30-19-14-26(24(6)22-30)20-21-32(35,8-2)9-3;2-1-3/h10-21,23,36H,6-9,22H2,1-5H3;12-23,35H,7-11H2,1-6H3;/b19-18+;21-20+;. The maximum absolute atomic E-state index is 14.5. The van der Waals surface area contributed by atoms with Crippen LogP contribution in [0.1, 0.15) is 169 Å². The fourth-order valence-electron chi connectivity index (χ4n) is 10.2. The van der Waals surface area contributed by atoms with Gasteiger partial charge in [0.1, 0.15) is 18.2 Å². The Hall–Kier alpha value is -6.57. The second kappa shape index (κ2) is 28.4. The molecule has 6 rings (SSSR count). The Bertz CT molecular complexity index is 2860. The monoisotopic (exact) mass is 1020 g/mol. The van der Waals surface area contributed by atoms with Crippen molar-refractivity contribution in [2.24, 2.45) is 0 Å². The van der Waals surface area contributed by atoms with E-state index < -0.39 is 11.2 Å². The number of hydrogen-bond donors (Lipinski definition) is 2.